The summed E-state index contributed by atoms with van der Waals surface area (Å²) < 4.78 is 62.2. The van der Waals surface area contributed by atoms with E-state index in [2.05, 4.69) is 0 Å². The third kappa shape index (κ3) is 5.38. The second kappa shape index (κ2) is 7.39. The summed E-state index contributed by atoms with van der Waals surface area (Å²) in [6.45, 7) is -1.17. The lowest BCUT2D eigenvalue weighted by Crippen LogP contribution is -2.54. The standard InChI is InChI=1S/C14H18F3N3O3S/c15-14(16,17)11-18-13(21)19-6-8-20(9-7-19)24(22,23)10-12-4-2-1-3-5-12/h1-5H,6-11H2,(H,18,21). The van der Waals surface area contributed by atoms with Crippen LogP contribution in [0.2, 0.25) is 0 Å². The van der Waals surface area contributed by atoms with Crippen LogP contribution < -0.4 is 5.32 Å². The maximum Gasteiger partial charge on any atom is 0.405 e. The molecule has 1 aliphatic rings. The minimum Gasteiger partial charge on any atom is -0.329 e. The summed E-state index contributed by atoms with van der Waals surface area (Å²) in [6, 6.07) is 7.85. The van der Waals surface area contributed by atoms with Crippen LogP contribution in [0, 0.1) is 0 Å². The molecule has 10 heteroatoms. The summed E-state index contributed by atoms with van der Waals surface area (Å²) in [5.41, 5.74) is 0.655. The molecule has 1 aromatic rings. The van der Waals surface area contributed by atoms with Crippen molar-refractivity contribution >= 4 is 16.1 Å². The summed E-state index contributed by atoms with van der Waals surface area (Å²) in [6.07, 6.45) is -4.48. The van der Waals surface area contributed by atoms with Gasteiger partial charge < -0.3 is 10.2 Å². The van der Waals surface area contributed by atoms with Crippen LogP contribution in [-0.2, 0) is 15.8 Å². The molecule has 1 N–H and O–H groups in total. The predicted molar refractivity (Wildman–Crippen MR) is 81.7 cm³/mol. The number of piperazine rings is 1. The van der Waals surface area contributed by atoms with E-state index in [1.807, 2.05) is 0 Å². The van der Waals surface area contributed by atoms with Crippen LogP contribution in [0.4, 0.5) is 18.0 Å². The number of hydrogen-bond donors (Lipinski definition) is 1. The van der Waals surface area contributed by atoms with Crippen LogP contribution in [0.25, 0.3) is 0 Å². The van der Waals surface area contributed by atoms with Gasteiger partial charge in [-0.1, -0.05) is 30.3 Å². The van der Waals surface area contributed by atoms with E-state index in [9.17, 15) is 26.4 Å². The van der Waals surface area contributed by atoms with Crippen molar-refractivity contribution in [1.82, 2.24) is 14.5 Å². The Bertz CT molecular complexity index is 657. The molecule has 0 atom stereocenters. The third-order valence-electron chi connectivity index (χ3n) is 3.55. The summed E-state index contributed by atoms with van der Waals surface area (Å²) in [5.74, 6) is -0.145. The van der Waals surface area contributed by atoms with Crippen LogP contribution in [0.15, 0.2) is 30.3 Å². The zero-order valence-corrected chi connectivity index (χ0v) is 13.6. The van der Waals surface area contributed by atoms with Crippen molar-refractivity contribution < 1.29 is 26.4 Å². The predicted octanol–water partition coefficient (Wildman–Crippen LogP) is 1.41. The third-order valence-corrected chi connectivity index (χ3v) is 5.40. The van der Waals surface area contributed by atoms with Gasteiger partial charge in [-0.25, -0.2) is 13.2 Å². The minimum absolute atomic E-state index is 0.0533. The number of benzene rings is 1. The van der Waals surface area contributed by atoms with Crippen LogP contribution in [0.3, 0.4) is 0 Å². The molecule has 1 heterocycles. The maximum atomic E-state index is 12.3. The van der Waals surface area contributed by atoms with E-state index in [1.165, 1.54) is 9.21 Å². The van der Waals surface area contributed by atoms with Gasteiger partial charge in [0.2, 0.25) is 10.0 Å². The fourth-order valence-corrected chi connectivity index (χ4v) is 3.85. The molecule has 0 radical (unpaired) electrons. The number of carbonyl (C=O) groups excluding carboxylic acids is 1. The number of amides is 2. The summed E-state index contributed by atoms with van der Waals surface area (Å²) in [5, 5.41) is 1.78. The Morgan fingerprint density at radius 3 is 2.21 bits per heavy atom. The van der Waals surface area contributed by atoms with Crippen molar-refractivity contribution in [2.45, 2.75) is 11.9 Å². The van der Waals surface area contributed by atoms with Gasteiger partial charge in [-0.3, -0.25) is 0 Å². The quantitative estimate of drug-likeness (QED) is 0.877. The van der Waals surface area contributed by atoms with Crippen LogP contribution in [-0.4, -0.2) is 62.6 Å². The van der Waals surface area contributed by atoms with E-state index in [1.54, 1.807) is 35.6 Å². The lowest BCUT2D eigenvalue weighted by atomic mass is 10.2. The van der Waals surface area contributed by atoms with Gasteiger partial charge in [-0.2, -0.15) is 17.5 Å². The molecule has 6 nitrogen and oxygen atoms in total. The smallest absolute Gasteiger partial charge is 0.329 e. The molecule has 0 aromatic heterocycles. The van der Waals surface area contributed by atoms with E-state index < -0.39 is 28.8 Å². The number of alkyl halides is 3. The fourth-order valence-electron chi connectivity index (χ4n) is 2.33. The number of halogens is 3. The van der Waals surface area contributed by atoms with E-state index in [0.29, 0.717) is 5.56 Å². The molecule has 1 saturated heterocycles. The van der Waals surface area contributed by atoms with Crippen LogP contribution in [0.5, 0.6) is 0 Å². The number of hydrogen-bond acceptors (Lipinski definition) is 3. The molecule has 0 bridgehead atoms. The van der Waals surface area contributed by atoms with Crippen LogP contribution in [0.1, 0.15) is 5.56 Å². The molecular weight excluding hydrogens is 347 g/mol. The number of sulfonamides is 1. The monoisotopic (exact) mass is 365 g/mol. The molecule has 2 amide bonds. The second-order valence-corrected chi connectivity index (χ2v) is 7.37. The first-order valence-electron chi connectivity index (χ1n) is 7.29. The Kier molecular flexibility index (Phi) is 5.70. The van der Waals surface area contributed by atoms with E-state index in [-0.39, 0.29) is 31.9 Å². The molecule has 1 aliphatic heterocycles. The topological polar surface area (TPSA) is 69.7 Å². The molecule has 0 saturated carbocycles. The lowest BCUT2D eigenvalue weighted by molar-refractivity contribution is -0.123. The number of rotatable bonds is 4. The van der Waals surface area contributed by atoms with Gasteiger partial charge in [0.25, 0.3) is 0 Å². The van der Waals surface area contributed by atoms with Gasteiger partial charge in [0.15, 0.2) is 0 Å². The number of nitrogens with zero attached hydrogens (tertiary/aromatic N) is 2. The highest BCUT2D eigenvalue weighted by Crippen LogP contribution is 2.15. The van der Waals surface area contributed by atoms with E-state index >= 15 is 0 Å². The van der Waals surface area contributed by atoms with Gasteiger partial charge in [-0.15, -0.1) is 0 Å². The largest absolute Gasteiger partial charge is 0.405 e. The Morgan fingerprint density at radius 1 is 1.08 bits per heavy atom. The number of nitrogens with one attached hydrogen (secondary N) is 1. The summed E-state index contributed by atoms with van der Waals surface area (Å²) in [7, 11) is -3.53. The molecule has 1 aromatic carbocycles. The zero-order chi connectivity index (χ0) is 17.8. The van der Waals surface area contributed by atoms with Gasteiger partial charge in [-0.05, 0) is 5.56 Å². The van der Waals surface area contributed by atoms with E-state index in [4.69, 9.17) is 0 Å². The SMILES string of the molecule is O=C(NCC(F)(F)F)N1CCN(S(=O)(=O)Cc2ccccc2)CC1. The molecule has 1 fully saturated rings. The first kappa shape index (κ1) is 18.5. The molecule has 0 spiro atoms. The highest BCUT2D eigenvalue weighted by molar-refractivity contribution is 7.88. The normalized spacial score (nSPS) is 16.9. The minimum atomic E-state index is -4.48. The molecule has 134 valence electrons. The molecule has 24 heavy (non-hydrogen) atoms. The Labute approximate surface area is 138 Å². The molecule has 0 unspecified atom stereocenters. The Balaban J connectivity index is 1.86. The Morgan fingerprint density at radius 2 is 1.67 bits per heavy atom. The average Bonchev–Trinajstić information content (AvgIpc) is 2.52. The van der Waals surface area contributed by atoms with Crippen molar-refractivity contribution in [1.29, 1.82) is 0 Å². The second-order valence-electron chi connectivity index (χ2n) is 5.40. The fraction of sp³-hybridized carbons (Fsp3) is 0.500. The van der Waals surface area contributed by atoms with Crippen molar-refractivity contribution in [2.24, 2.45) is 0 Å². The highest BCUT2D eigenvalue weighted by atomic mass is 32.2. The number of carbonyl (C=O) groups is 1. The van der Waals surface area contributed by atoms with Gasteiger partial charge in [0.1, 0.15) is 6.54 Å². The van der Waals surface area contributed by atoms with Crippen LogP contribution >= 0.6 is 0 Å². The lowest BCUT2D eigenvalue weighted by Gasteiger charge is -2.34. The highest BCUT2D eigenvalue weighted by Gasteiger charge is 2.31. The van der Waals surface area contributed by atoms with Crippen molar-refractivity contribution in [3.63, 3.8) is 0 Å². The van der Waals surface area contributed by atoms with Crippen molar-refractivity contribution in [3.05, 3.63) is 35.9 Å². The van der Waals surface area contributed by atoms with Gasteiger partial charge in [0.05, 0.1) is 5.75 Å². The zero-order valence-electron chi connectivity index (χ0n) is 12.8. The first-order chi connectivity index (χ1) is 11.2. The molecule has 0 aliphatic carbocycles. The van der Waals surface area contributed by atoms with Gasteiger partial charge in [0, 0.05) is 26.2 Å². The van der Waals surface area contributed by atoms with E-state index in [0.717, 1.165) is 0 Å². The maximum absolute atomic E-state index is 12.3. The average molecular weight is 365 g/mol. The Hall–Kier alpha value is -1.81. The molecular formula is C14H18F3N3O3S. The number of urea groups is 1. The molecule has 2 rings (SSSR count). The first-order valence-corrected chi connectivity index (χ1v) is 8.89. The summed E-state index contributed by atoms with van der Waals surface area (Å²) >= 11 is 0. The summed E-state index contributed by atoms with van der Waals surface area (Å²) in [4.78, 5) is 12.8. The van der Waals surface area contributed by atoms with Gasteiger partial charge >= 0.3 is 12.2 Å². The van der Waals surface area contributed by atoms with Crippen molar-refractivity contribution in [3.8, 4) is 0 Å². The van der Waals surface area contributed by atoms with Crippen molar-refractivity contribution in [2.75, 3.05) is 32.7 Å².